The molecule has 4 atom stereocenters. The summed E-state index contributed by atoms with van der Waals surface area (Å²) >= 11 is 0. The monoisotopic (exact) mass is 185 g/mol. The van der Waals surface area contributed by atoms with E-state index in [9.17, 15) is 0 Å². The molecule has 2 unspecified atom stereocenters. The normalized spacial score (nSPS) is 20.8. The van der Waals surface area contributed by atoms with Crippen LogP contribution in [0.4, 0.5) is 0 Å². The molecule has 1 N–H and O–H groups in total. The molecule has 1 heteroatoms. The Balaban J connectivity index is 3.99. The summed E-state index contributed by atoms with van der Waals surface area (Å²) in [6.07, 6.45) is 1.30. The van der Waals surface area contributed by atoms with Gasteiger partial charge in [-0.1, -0.05) is 41.0 Å². The summed E-state index contributed by atoms with van der Waals surface area (Å²) in [6.45, 7) is 14.9. The van der Waals surface area contributed by atoms with Crippen molar-refractivity contribution >= 4 is 0 Å². The lowest BCUT2D eigenvalue weighted by molar-refractivity contribution is 0.226. The second kappa shape index (κ2) is 6.42. The summed E-state index contributed by atoms with van der Waals surface area (Å²) in [5.41, 5.74) is 0. The molecule has 0 amide bonds. The number of hydrogen-bond acceptors (Lipinski definition) is 1. The molecule has 0 aromatic rings. The van der Waals surface area contributed by atoms with Crippen molar-refractivity contribution in [3.63, 3.8) is 0 Å². The van der Waals surface area contributed by atoms with Crippen LogP contribution in [0.5, 0.6) is 0 Å². The predicted octanol–water partition coefficient (Wildman–Crippen LogP) is 3.30. The van der Waals surface area contributed by atoms with E-state index in [1.165, 1.54) is 6.42 Å². The van der Waals surface area contributed by atoms with Crippen LogP contribution in [-0.2, 0) is 0 Å². The smallest absolute Gasteiger partial charge is 0.00668 e. The van der Waals surface area contributed by atoms with Crippen LogP contribution < -0.4 is 5.32 Å². The molecule has 0 bridgehead atoms. The number of nitrogens with one attached hydrogen (secondary N) is 1. The van der Waals surface area contributed by atoms with Crippen molar-refractivity contribution in [2.45, 2.75) is 54.0 Å². The maximum Gasteiger partial charge on any atom is 0.00668 e. The molecule has 0 aromatic carbocycles. The minimum Gasteiger partial charge on any atom is -0.314 e. The van der Waals surface area contributed by atoms with Crippen molar-refractivity contribution in [2.24, 2.45) is 17.8 Å². The fraction of sp³-hybridized carbons (Fsp3) is 1.00. The zero-order chi connectivity index (χ0) is 10.4. The van der Waals surface area contributed by atoms with Gasteiger partial charge in [0.05, 0.1) is 0 Å². The van der Waals surface area contributed by atoms with E-state index >= 15 is 0 Å². The van der Waals surface area contributed by atoms with E-state index < -0.39 is 0 Å². The lowest BCUT2D eigenvalue weighted by Crippen LogP contribution is -2.36. The number of hydrogen-bond donors (Lipinski definition) is 1. The third-order valence-corrected chi connectivity index (χ3v) is 3.69. The topological polar surface area (TPSA) is 12.0 Å². The molecule has 0 fully saturated rings. The predicted molar refractivity (Wildman–Crippen MR) is 60.9 cm³/mol. The average molecular weight is 185 g/mol. The summed E-state index contributed by atoms with van der Waals surface area (Å²) in [7, 11) is 0. The van der Waals surface area contributed by atoms with E-state index in [4.69, 9.17) is 0 Å². The van der Waals surface area contributed by atoms with Crippen molar-refractivity contribution in [3.05, 3.63) is 0 Å². The van der Waals surface area contributed by atoms with Crippen LogP contribution in [0.3, 0.4) is 0 Å². The maximum atomic E-state index is 3.51. The van der Waals surface area contributed by atoms with Gasteiger partial charge in [0.25, 0.3) is 0 Å². The molecule has 0 aliphatic carbocycles. The fourth-order valence-corrected chi connectivity index (χ4v) is 1.85. The Bertz CT molecular complexity index is 122. The Kier molecular flexibility index (Phi) is 6.40. The summed E-state index contributed by atoms with van der Waals surface area (Å²) < 4.78 is 0. The molecule has 0 heterocycles. The molecule has 0 rings (SSSR count). The summed E-state index contributed by atoms with van der Waals surface area (Å²) in [6, 6.07) is 0.647. The molecule has 80 valence electrons. The second-order valence-corrected chi connectivity index (χ2v) is 4.45. The minimum atomic E-state index is 0.647. The highest BCUT2D eigenvalue weighted by Crippen LogP contribution is 2.25. The van der Waals surface area contributed by atoms with Crippen LogP contribution in [0.1, 0.15) is 48.0 Å². The van der Waals surface area contributed by atoms with Crippen LogP contribution in [0.25, 0.3) is 0 Å². The standard InChI is InChI=1S/C12H27N/c1-7-9(3)10(4)11(5)12(6)13-8-2/h9-13H,7-8H2,1-6H3/t9-,10-,11?,12?/m0/s1. The summed E-state index contributed by atoms with van der Waals surface area (Å²) in [4.78, 5) is 0. The molecule has 0 spiro atoms. The maximum absolute atomic E-state index is 3.51. The largest absolute Gasteiger partial charge is 0.314 e. The van der Waals surface area contributed by atoms with Crippen molar-refractivity contribution in [2.75, 3.05) is 6.54 Å². The van der Waals surface area contributed by atoms with Crippen LogP contribution in [0, 0.1) is 17.8 Å². The van der Waals surface area contributed by atoms with Gasteiger partial charge in [-0.3, -0.25) is 0 Å². The van der Waals surface area contributed by atoms with Crippen molar-refractivity contribution < 1.29 is 0 Å². The van der Waals surface area contributed by atoms with E-state index in [0.29, 0.717) is 6.04 Å². The van der Waals surface area contributed by atoms with Crippen molar-refractivity contribution in [1.82, 2.24) is 5.32 Å². The van der Waals surface area contributed by atoms with Crippen molar-refractivity contribution in [1.29, 1.82) is 0 Å². The molecule has 0 saturated carbocycles. The Labute approximate surface area is 84.3 Å². The van der Waals surface area contributed by atoms with Gasteiger partial charge in [0, 0.05) is 6.04 Å². The van der Waals surface area contributed by atoms with E-state index in [1.54, 1.807) is 0 Å². The van der Waals surface area contributed by atoms with Gasteiger partial charge in [-0.25, -0.2) is 0 Å². The molecule has 0 saturated heterocycles. The van der Waals surface area contributed by atoms with Gasteiger partial charge in [0.15, 0.2) is 0 Å². The van der Waals surface area contributed by atoms with E-state index in [1.807, 2.05) is 0 Å². The Hall–Kier alpha value is -0.0400. The van der Waals surface area contributed by atoms with Gasteiger partial charge in [-0.05, 0) is 31.2 Å². The minimum absolute atomic E-state index is 0.647. The molecule has 13 heavy (non-hydrogen) atoms. The van der Waals surface area contributed by atoms with Crippen molar-refractivity contribution in [3.8, 4) is 0 Å². The highest BCUT2D eigenvalue weighted by Gasteiger charge is 2.21. The van der Waals surface area contributed by atoms with Crippen LogP contribution >= 0.6 is 0 Å². The van der Waals surface area contributed by atoms with Gasteiger partial charge in [0.2, 0.25) is 0 Å². The Morgan fingerprint density at radius 3 is 1.85 bits per heavy atom. The summed E-state index contributed by atoms with van der Waals surface area (Å²) in [5, 5.41) is 3.51. The molecular formula is C12H27N. The fourth-order valence-electron chi connectivity index (χ4n) is 1.85. The first-order valence-corrected chi connectivity index (χ1v) is 5.77. The van der Waals surface area contributed by atoms with E-state index in [2.05, 4.69) is 46.9 Å². The lowest BCUT2D eigenvalue weighted by atomic mass is 9.80. The third kappa shape index (κ3) is 4.12. The van der Waals surface area contributed by atoms with E-state index in [-0.39, 0.29) is 0 Å². The van der Waals surface area contributed by atoms with Gasteiger partial charge in [-0.15, -0.1) is 0 Å². The van der Waals surface area contributed by atoms with Gasteiger partial charge in [-0.2, -0.15) is 0 Å². The van der Waals surface area contributed by atoms with E-state index in [0.717, 1.165) is 24.3 Å². The summed E-state index contributed by atoms with van der Waals surface area (Å²) in [5.74, 6) is 2.44. The average Bonchev–Trinajstić information content (AvgIpc) is 2.14. The third-order valence-electron chi connectivity index (χ3n) is 3.69. The molecular weight excluding hydrogens is 158 g/mol. The van der Waals surface area contributed by atoms with Gasteiger partial charge >= 0.3 is 0 Å². The van der Waals surface area contributed by atoms with Crippen LogP contribution in [0.2, 0.25) is 0 Å². The quantitative estimate of drug-likeness (QED) is 0.669. The first kappa shape index (κ1) is 13.0. The Morgan fingerprint density at radius 1 is 0.923 bits per heavy atom. The van der Waals surface area contributed by atoms with Crippen LogP contribution in [-0.4, -0.2) is 12.6 Å². The van der Waals surface area contributed by atoms with Crippen LogP contribution in [0.15, 0.2) is 0 Å². The zero-order valence-electron chi connectivity index (χ0n) is 10.2. The molecule has 0 aromatic heterocycles. The molecule has 0 aliphatic heterocycles. The Morgan fingerprint density at radius 2 is 1.46 bits per heavy atom. The SMILES string of the molecule is CCNC(C)C(C)[C@@H](C)[C@@H](C)CC. The molecule has 1 nitrogen and oxygen atoms in total. The molecule has 0 radical (unpaired) electrons. The highest BCUT2D eigenvalue weighted by atomic mass is 14.9. The zero-order valence-corrected chi connectivity index (χ0v) is 10.2. The second-order valence-electron chi connectivity index (χ2n) is 4.45. The number of rotatable bonds is 6. The first-order valence-electron chi connectivity index (χ1n) is 5.77. The van der Waals surface area contributed by atoms with Gasteiger partial charge in [0.1, 0.15) is 0 Å². The van der Waals surface area contributed by atoms with Gasteiger partial charge < -0.3 is 5.32 Å². The first-order chi connectivity index (χ1) is 6.04. The highest BCUT2D eigenvalue weighted by molar-refractivity contribution is 4.75. The lowest BCUT2D eigenvalue weighted by Gasteiger charge is -2.30. The molecule has 0 aliphatic rings.